The average molecular weight is 291 g/mol. The fourth-order valence-electron chi connectivity index (χ4n) is 2.61. The number of hydrogen-bond acceptors (Lipinski definition) is 4. The molecule has 1 aromatic heterocycles. The quantitative estimate of drug-likeness (QED) is 0.908. The lowest BCUT2D eigenvalue weighted by Crippen LogP contribution is -2.29. The van der Waals surface area contributed by atoms with Crippen LogP contribution in [0.15, 0.2) is 6.07 Å². The van der Waals surface area contributed by atoms with E-state index in [1.54, 1.807) is 0 Å². The van der Waals surface area contributed by atoms with Gasteiger partial charge in [0.25, 0.3) is 0 Å². The van der Waals surface area contributed by atoms with Crippen molar-refractivity contribution in [3.8, 4) is 5.88 Å². The summed E-state index contributed by atoms with van der Waals surface area (Å²) in [6.45, 7) is 11.0. The van der Waals surface area contributed by atoms with Crippen LogP contribution in [0.1, 0.15) is 66.1 Å². The van der Waals surface area contributed by atoms with Gasteiger partial charge in [0, 0.05) is 18.5 Å². The molecule has 4 nitrogen and oxygen atoms in total. The van der Waals surface area contributed by atoms with Crippen LogP contribution in [0.5, 0.6) is 5.88 Å². The number of aromatic nitrogens is 2. The lowest BCUT2D eigenvalue weighted by Gasteiger charge is -2.34. The maximum Gasteiger partial charge on any atom is 0.219 e. The number of hydrogen-bond donors (Lipinski definition) is 1. The van der Waals surface area contributed by atoms with Crippen LogP contribution in [0.4, 0.5) is 5.82 Å². The van der Waals surface area contributed by atoms with Gasteiger partial charge in [0.1, 0.15) is 17.7 Å². The Morgan fingerprint density at radius 3 is 2.33 bits per heavy atom. The Balaban J connectivity index is 2.13. The fourth-order valence-corrected chi connectivity index (χ4v) is 2.61. The highest BCUT2D eigenvalue weighted by Gasteiger charge is 2.28. The predicted molar refractivity (Wildman–Crippen MR) is 86.9 cm³/mol. The van der Waals surface area contributed by atoms with E-state index in [2.05, 4.69) is 49.9 Å². The van der Waals surface area contributed by atoms with E-state index in [0.717, 1.165) is 24.5 Å². The Morgan fingerprint density at radius 1 is 1.19 bits per heavy atom. The summed E-state index contributed by atoms with van der Waals surface area (Å²) >= 11 is 0. The molecule has 118 valence electrons. The summed E-state index contributed by atoms with van der Waals surface area (Å²) in [5, 5.41) is 3.10. The molecule has 1 aromatic rings. The first kappa shape index (κ1) is 16.1. The van der Waals surface area contributed by atoms with Gasteiger partial charge >= 0.3 is 0 Å². The third-order valence-corrected chi connectivity index (χ3v) is 4.20. The SMILES string of the molecule is CNc1cc(OC2CCC(C)(C)CC2)nc(C(C)(C)C)n1. The molecule has 1 fully saturated rings. The maximum absolute atomic E-state index is 6.14. The molecule has 0 spiro atoms. The minimum atomic E-state index is -0.0838. The first-order chi connectivity index (χ1) is 9.69. The van der Waals surface area contributed by atoms with Crippen LogP contribution in [0.25, 0.3) is 0 Å². The highest BCUT2D eigenvalue weighted by Crippen LogP contribution is 2.36. The van der Waals surface area contributed by atoms with Crippen LogP contribution in [0.2, 0.25) is 0 Å². The molecule has 0 atom stereocenters. The fraction of sp³-hybridized carbons (Fsp3) is 0.765. The molecule has 0 unspecified atom stereocenters. The van der Waals surface area contributed by atoms with Crippen molar-refractivity contribution in [1.29, 1.82) is 0 Å². The minimum Gasteiger partial charge on any atom is -0.474 e. The average Bonchev–Trinajstić information content (AvgIpc) is 2.40. The molecular formula is C17H29N3O. The highest BCUT2D eigenvalue weighted by atomic mass is 16.5. The Hall–Kier alpha value is -1.32. The van der Waals surface area contributed by atoms with E-state index in [0.29, 0.717) is 11.3 Å². The van der Waals surface area contributed by atoms with Gasteiger partial charge < -0.3 is 10.1 Å². The van der Waals surface area contributed by atoms with Gasteiger partial charge in [0.15, 0.2) is 0 Å². The molecule has 0 radical (unpaired) electrons. The van der Waals surface area contributed by atoms with Crippen molar-refractivity contribution in [2.75, 3.05) is 12.4 Å². The number of nitrogens with one attached hydrogen (secondary N) is 1. The summed E-state index contributed by atoms with van der Waals surface area (Å²) in [4.78, 5) is 9.15. The zero-order chi connectivity index (χ0) is 15.7. The smallest absolute Gasteiger partial charge is 0.219 e. The highest BCUT2D eigenvalue weighted by molar-refractivity contribution is 5.38. The minimum absolute atomic E-state index is 0.0838. The molecule has 2 rings (SSSR count). The lowest BCUT2D eigenvalue weighted by molar-refractivity contribution is 0.0944. The molecule has 1 saturated carbocycles. The van der Waals surface area contributed by atoms with Gasteiger partial charge in [-0.25, -0.2) is 4.98 Å². The summed E-state index contributed by atoms with van der Waals surface area (Å²) in [6.07, 6.45) is 4.93. The Labute approximate surface area is 128 Å². The van der Waals surface area contributed by atoms with E-state index in [9.17, 15) is 0 Å². The molecule has 21 heavy (non-hydrogen) atoms. The van der Waals surface area contributed by atoms with Crippen molar-refractivity contribution >= 4 is 5.82 Å². The second-order valence-electron chi connectivity index (χ2n) is 7.90. The summed E-state index contributed by atoms with van der Waals surface area (Å²) in [6, 6.07) is 1.90. The van der Waals surface area contributed by atoms with E-state index in [1.165, 1.54) is 12.8 Å². The van der Waals surface area contributed by atoms with Crippen molar-refractivity contribution in [2.24, 2.45) is 5.41 Å². The number of nitrogens with zero attached hydrogens (tertiary/aromatic N) is 2. The third-order valence-electron chi connectivity index (χ3n) is 4.20. The number of ether oxygens (including phenoxy) is 1. The zero-order valence-electron chi connectivity index (χ0n) is 14.3. The summed E-state index contributed by atoms with van der Waals surface area (Å²) in [5.74, 6) is 2.34. The summed E-state index contributed by atoms with van der Waals surface area (Å²) < 4.78 is 6.14. The normalized spacial score (nSPS) is 19.3. The predicted octanol–water partition coefficient (Wildman–Crippen LogP) is 4.16. The van der Waals surface area contributed by atoms with Crippen LogP contribution in [0, 0.1) is 5.41 Å². The third kappa shape index (κ3) is 4.32. The van der Waals surface area contributed by atoms with Crippen molar-refractivity contribution in [3.63, 3.8) is 0 Å². The standard InChI is InChI=1S/C17H29N3O/c1-16(2,3)15-19-13(18-6)11-14(20-15)21-12-7-9-17(4,5)10-8-12/h11-12H,7-10H2,1-6H3,(H,18,19,20). The lowest BCUT2D eigenvalue weighted by atomic mass is 9.76. The van der Waals surface area contributed by atoms with Crippen LogP contribution in [-0.4, -0.2) is 23.1 Å². The van der Waals surface area contributed by atoms with Crippen LogP contribution in [-0.2, 0) is 5.41 Å². The van der Waals surface area contributed by atoms with Gasteiger partial charge in [-0.3, -0.25) is 0 Å². The topological polar surface area (TPSA) is 47.0 Å². The van der Waals surface area contributed by atoms with Crippen LogP contribution in [0.3, 0.4) is 0 Å². The summed E-state index contributed by atoms with van der Waals surface area (Å²) in [5.41, 5.74) is 0.373. The van der Waals surface area contributed by atoms with Crippen molar-refractivity contribution in [3.05, 3.63) is 11.9 Å². The molecule has 0 amide bonds. The van der Waals surface area contributed by atoms with Gasteiger partial charge in [-0.2, -0.15) is 4.98 Å². The number of rotatable bonds is 3. The molecule has 4 heteroatoms. The Morgan fingerprint density at radius 2 is 1.81 bits per heavy atom. The van der Waals surface area contributed by atoms with Gasteiger partial charge in [-0.15, -0.1) is 0 Å². The van der Waals surface area contributed by atoms with Crippen LogP contribution >= 0.6 is 0 Å². The largest absolute Gasteiger partial charge is 0.474 e. The molecule has 1 aliphatic rings. The van der Waals surface area contributed by atoms with Crippen LogP contribution < -0.4 is 10.1 Å². The molecule has 0 aromatic carbocycles. The van der Waals surface area contributed by atoms with Gasteiger partial charge in [-0.1, -0.05) is 34.6 Å². The molecule has 1 aliphatic carbocycles. The van der Waals surface area contributed by atoms with Gasteiger partial charge in [0.2, 0.25) is 5.88 Å². The molecule has 1 heterocycles. The van der Waals surface area contributed by atoms with E-state index >= 15 is 0 Å². The van der Waals surface area contributed by atoms with E-state index < -0.39 is 0 Å². The zero-order valence-corrected chi connectivity index (χ0v) is 14.3. The molecule has 0 saturated heterocycles. The second kappa shape index (κ2) is 5.82. The molecular weight excluding hydrogens is 262 g/mol. The Kier molecular flexibility index (Phi) is 4.45. The monoisotopic (exact) mass is 291 g/mol. The molecule has 0 aliphatic heterocycles. The summed E-state index contributed by atoms with van der Waals surface area (Å²) in [7, 11) is 1.88. The van der Waals surface area contributed by atoms with Crippen molar-refractivity contribution < 1.29 is 4.74 Å². The van der Waals surface area contributed by atoms with Gasteiger partial charge in [0.05, 0.1) is 0 Å². The first-order valence-electron chi connectivity index (χ1n) is 7.94. The Bertz CT molecular complexity index is 481. The maximum atomic E-state index is 6.14. The number of anilines is 1. The van der Waals surface area contributed by atoms with Crippen molar-refractivity contribution in [1.82, 2.24) is 9.97 Å². The second-order valence-corrected chi connectivity index (χ2v) is 7.90. The molecule has 1 N–H and O–H groups in total. The first-order valence-corrected chi connectivity index (χ1v) is 7.94. The van der Waals surface area contributed by atoms with E-state index in [1.807, 2.05) is 13.1 Å². The van der Waals surface area contributed by atoms with E-state index in [-0.39, 0.29) is 11.5 Å². The van der Waals surface area contributed by atoms with Crippen molar-refractivity contribution in [2.45, 2.75) is 71.8 Å². The van der Waals surface area contributed by atoms with Gasteiger partial charge in [-0.05, 0) is 31.1 Å². The van der Waals surface area contributed by atoms with E-state index in [4.69, 9.17) is 4.74 Å². The molecule has 0 bridgehead atoms.